The zero-order valence-corrected chi connectivity index (χ0v) is 18.9. The van der Waals surface area contributed by atoms with E-state index in [0.29, 0.717) is 0 Å². The fourth-order valence-corrected chi connectivity index (χ4v) is 4.04. The lowest BCUT2D eigenvalue weighted by Gasteiger charge is -2.30. The van der Waals surface area contributed by atoms with Gasteiger partial charge in [0.1, 0.15) is 12.1 Å². The van der Waals surface area contributed by atoms with Crippen molar-refractivity contribution in [3.8, 4) is 0 Å². The van der Waals surface area contributed by atoms with Crippen molar-refractivity contribution >= 4 is 41.5 Å². The van der Waals surface area contributed by atoms with Crippen LogP contribution in [0.25, 0.3) is 0 Å². The lowest BCUT2D eigenvalue weighted by molar-refractivity contribution is -0.147. The molecule has 0 rings (SSSR count). The maximum Gasteiger partial charge on any atom is 0.326 e. The van der Waals surface area contributed by atoms with Crippen LogP contribution in [-0.2, 0) is 24.0 Å². The Morgan fingerprint density at radius 2 is 1.55 bits per heavy atom. The average molecular weight is 464 g/mol. The third-order valence-electron chi connectivity index (χ3n) is 4.76. The highest BCUT2D eigenvalue weighted by atomic mass is 32.2. The fraction of sp³-hybridized carbons (Fsp3) is 0.737. The molecule has 0 saturated carbocycles. The van der Waals surface area contributed by atoms with E-state index in [9.17, 15) is 24.0 Å². The summed E-state index contributed by atoms with van der Waals surface area (Å²) >= 11 is 1.43. The zero-order chi connectivity index (χ0) is 24.2. The van der Waals surface area contributed by atoms with Crippen LogP contribution in [0.3, 0.4) is 0 Å². The first kappa shape index (κ1) is 28.7. The van der Waals surface area contributed by atoms with Crippen molar-refractivity contribution in [1.29, 1.82) is 0 Å². The van der Waals surface area contributed by atoms with Crippen molar-refractivity contribution in [2.45, 2.75) is 82.2 Å². The van der Waals surface area contributed by atoms with Gasteiger partial charge in [0, 0.05) is 16.9 Å². The molecular weight excluding hydrogens is 430 g/mol. The summed E-state index contributed by atoms with van der Waals surface area (Å²) in [6, 6.07) is -4.01. The van der Waals surface area contributed by atoms with Gasteiger partial charge in [-0.15, -0.1) is 0 Å². The molecule has 11 nitrogen and oxygen atoms in total. The molecule has 0 aliphatic rings. The minimum absolute atomic E-state index is 0.104. The standard InChI is InChI=1S/C19H33N3O8S/c1-4-8-19(3,5-2)31-10-13(22-16(27)11(20)6-7-14(23)24)17(28)21-12(18(29)30)9-15(25)26/h11-13H,4-10,20H2,1-3H3,(H,21,28)(H,22,27)(H,23,24)(H,25,26)(H,29,30). The summed E-state index contributed by atoms with van der Waals surface area (Å²) in [4.78, 5) is 57.9. The number of nitrogens with one attached hydrogen (secondary N) is 2. The van der Waals surface area contributed by atoms with Crippen LogP contribution in [0.1, 0.15) is 59.3 Å². The summed E-state index contributed by atoms with van der Waals surface area (Å²) in [5.74, 6) is -5.54. The van der Waals surface area contributed by atoms with Crippen LogP contribution < -0.4 is 16.4 Å². The lowest BCUT2D eigenvalue weighted by Crippen LogP contribution is -2.56. The third-order valence-corrected chi connectivity index (χ3v) is 6.45. The number of carboxylic acids is 3. The van der Waals surface area contributed by atoms with Crippen molar-refractivity contribution in [1.82, 2.24) is 10.6 Å². The minimum atomic E-state index is -1.66. The van der Waals surface area contributed by atoms with Crippen LogP contribution in [-0.4, -0.2) is 73.7 Å². The van der Waals surface area contributed by atoms with Crippen LogP contribution in [0.5, 0.6) is 0 Å². The van der Waals surface area contributed by atoms with Gasteiger partial charge in [0.25, 0.3) is 0 Å². The molecule has 0 heterocycles. The molecule has 12 heteroatoms. The van der Waals surface area contributed by atoms with E-state index in [1.165, 1.54) is 11.8 Å². The maximum absolute atomic E-state index is 12.7. The number of rotatable bonds is 16. The van der Waals surface area contributed by atoms with Gasteiger partial charge in [-0.05, 0) is 19.3 Å². The monoisotopic (exact) mass is 463 g/mol. The summed E-state index contributed by atoms with van der Waals surface area (Å²) in [5, 5.41) is 31.3. The Morgan fingerprint density at radius 3 is 2.00 bits per heavy atom. The van der Waals surface area contributed by atoms with Crippen LogP contribution in [0.4, 0.5) is 0 Å². The fourth-order valence-electron chi connectivity index (χ4n) is 2.68. The molecule has 0 aliphatic carbocycles. The predicted molar refractivity (Wildman–Crippen MR) is 115 cm³/mol. The predicted octanol–water partition coefficient (Wildman–Crippen LogP) is 0.409. The lowest BCUT2D eigenvalue weighted by atomic mass is 10.0. The van der Waals surface area contributed by atoms with Gasteiger partial charge < -0.3 is 31.7 Å². The molecule has 2 amide bonds. The summed E-state index contributed by atoms with van der Waals surface area (Å²) in [6.45, 7) is 6.03. The van der Waals surface area contributed by atoms with E-state index in [4.69, 9.17) is 21.1 Å². The molecule has 0 fully saturated rings. The van der Waals surface area contributed by atoms with E-state index in [0.717, 1.165) is 19.3 Å². The highest BCUT2D eigenvalue weighted by Gasteiger charge is 2.31. The second-order valence-electron chi connectivity index (χ2n) is 7.46. The van der Waals surface area contributed by atoms with Gasteiger partial charge in [0.15, 0.2) is 0 Å². The maximum atomic E-state index is 12.7. The molecule has 31 heavy (non-hydrogen) atoms. The Labute approximate surface area is 185 Å². The van der Waals surface area contributed by atoms with Gasteiger partial charge in [-0.2, -0.15) is 11.8 Å². The first-order valence-electron chi connectivity index (χ1n) is 10.0. The summed E-state index contributed by atoms with van der Waals surface area (Å²) < 4.78 is -0.184. The number of nitrogens with two attached hydrogens (primary N) is 1. The highest BCUT2D eigenvalue weighted by Crippen LogP contribution is 2.33. The van der Waals surface area contributed by atoms with E-state index >= 15 is 0 Å². The molecule has 0 bridgehead atoms. The molecule has 0 aromatic carbocycles. The molecule has 0 aromatic rings. The number of aliphatic carboxylic acids is 3. The largest absolute Gasteiger partial charge is 0.481 e. The van der Waals surface area contributed by atoms with Gasteiger partial charge >= 0.3 is 17.9 Å². The molecule has 0 spiro atoms. The molecule has 4 atom stereocenters. The molecule has 4 unspecified atom stereocenters. The third kappa shape index (κ3) is 11.6. The molecule has 7 N–H and O–H groups in total. The van der Waals surface area contributed by atoms with Crippen molar-refractivity contribution in [2.24, 2.45) is 5.73 Å². The summed E-state index contributed by atoms with van der Waals surface area (Å²) in [5.41, 5.74) is 5.70. The summed E-state index contributed by atoms with van der Waals surface area (Å²) in [7, 11) is 0. The van der Waals surface area contributed by atoms with Crippen LogP contribution in [0.15, 0.2) is 0 Å². The van der Waals surface area contributed by atoms with Gasteiger partial charge in [-0.25, -0.2) is 4.79 Å². The van der Waals surface area contributed by atoms with Crippen molar-refractivity contribution < 1.29 is 39.3 Å². The number of carboxylic acid groups (broad SMARTS) is 3. The number of amides is 2. The Hall–Kier alpha value is -2.34. The Kier molecular flexibility index (Phi) is 12.8. The second-order valence-corrected chi connectivity index (χ2v) is 9.07. The number of hydrogen-bond donors (Lipinski definition) is 6. The normalized spacial score (nSPS) is 15.7. The van der Waals surface area contributed by atoms with E-state index < -0.39 is 54.3 Å². The molecule has 0 saturated heterocycles. The number of carbonyl (C=O) groups is 5. The van der Waals surface area contributed by atoms with Crippen LogP contribution >= 0.6 is 11.8 Å². The zero-order valence-electron chi connectivity index (χ0n) is 18.1. The van der Waals surface area contributed by atoms with Crippen LogP contribution in [0.2, 0.25) is 0 Å². The first-order chi connectivity index (χ1) is 14.3. The molecule has 0 aromatic heterocycles. The molecule has 0 radical (unpaired) electrons. The Bertz CT molecular complexity index is 660. The van der Waals surface area contributed by atoms with Gasteiger partial charge in [-0.1, -0.05) is 27.2 Å². The quantitative estimate of drug-likeness (QED) is 0.186. The Morgan fingerprint density at radius 1 is 0.968 bits per heavy atom. The number of hydrogen-bond acceptors (Lipinski definition) is 7. The van der Waals surface area contributed by atoms with Gasteiger partial charge in [-0.3, -0.25) is 19.2 Å². The van der Waals surface area contributed by atoms with E-state index in [1.807, 2.05) is 20.8 Å². The molecular formula is C19H33N3O8S. The van der Waals surface area contributed by atoms with Crippen molar-refractivity contribution in [3.05, 3.63) is 0 Å². The topological polar surface area (TPSA) is 196 Å². The highest BCUT2D eigenvalue weighted by molar-refractivity contribution is 8.00. The smallest absolute Gasteiger partial charge is 0.326 e. The minimum Gasteiger partial charge on any atom is -0.481 e. The molecule has 178 valence electrons. The van der Waals surface area contributed by atoms with Crippen molar-refractivity contribution in [3.63, 3.8) is 0 Å². The van der Waals surface area contributed by atoms with E-state index in [1.54, 1.807) is 0 Å². The average Bonchev–Trinajstić information content (AvgIpc) is 2.68. The van der Waals surface area contributed by atoms with E-state index in [2.05, 4.69) is 10.6 Å². The first-order valence-corrected chi connectivity index (χ1v) is 11.0. The van der Waals surface area contributed by atoms with Gasteiger partial charge in [0.05, 0.1) is 12.5 Å². The second kappa shape index (κ2) is 13.9. The number of carbonyl (C=O) groups excluding carboxylic acids is 2. The Balaban J connectivity index is 5.42. The van der Waals surface area contributed by atoms with E-state index in [-0.39, 0.29) is 23.3 Å². The SMILES string of the molecule is CCCC(C)(CC)SCC(NC(=O)C(N)CCC(=O)O)C(=O)NC(CC(=O)O)C(=O)O. The summed E-state index contributed by atoms with van der Waals surface area (Å²) in [6.07, 6.45) is 1.26. The molecule has 0 aliphatic heterocycles. The number of thioether (sulfide) groups is 1. The van der Waals surface area contributed by atoms with Crippen LogP contribution in [0, 0.1) is 0 Å². The van der Waals surface area contributed by atoms with Crippen molar-refractivity contribution in [2.75, 3.05) is 5.75 Å². The van der Waals surface area contributed by atoms with Gasteiger partial charge in [0.2, 0.25) is 11.8 Å².